The average Bonchev–Trinajstić information content (AvgIpc) is 3.10. The number of phenolic OH excluding ortho intramolecular Hbond substituents is 1. The third-order valence-electron chi connectivity index (χ3n) is 5.29. The maximum atomic E-state index is 12.8. The number of hydrogen-bond donors (Lipinski definition) is 2. The molecular weight excluding hydrogens is 396 g/mol. The summed E-state index contributed by atoms with van der Waals surface area (Å²) >= 11 is 1.52. The molecule has 0 amide bonds. The van der Waals surface area contributed by atoms with Gasteiger partial charge in [-0.05, 0) is 45.9 Å². The van der Waals surface area contributed by atoms with Crippen molar-refractivity contribution in [1.82, 2.24) is 0 Å². The Hall–Kier alpha value is -2.53. The first kappa shape index (κ1) is 22.2. The number of benzene rings is 1. The number of phenols is 1. The zero-order valence-corrected chi connectivity index (χ0v) is 19.5. The Morgan fingerprint density at radius 3 is 1.97 bits per heavy atom. The number of thiophene rings is 1. The second-order valence-electron chi connectivity index (χ2n) is 9.86. The molecule has 1 atom stereocenters. The van der Waals surface area contributed by atoms with E-state index in [9.17, 15) is 15.0 Å². The van der Waals surface area contributed by atoms with Crippen molar-refractivity contribution in [2.75, 3.05) is 0 Å². The van der Waals surface area contributed by atoms with E-state index in [1.807, 2.05) is 29.6 Å². The molecule has 5 heteroatoms. The first-order chi connectivity index (χ1) is 13.8. The van der Waals surface area contributed by atoms with Crippen molar-refractivity contribution in [2.24, 2.45) is 0 Å². The summed E-state index contributed by atoms with van der Waals surface area (Å²) in [5.74, 6) is 0.0704. The molecule has 2 aromatic heterocycles. The molecule has 160 valence electrons. The van der Waals surface area contributed by atoms with Crippen LogP contribution in [0.1, 0.15) is 80.4 Å². The second kappa shape index (κ2) is 7.62. The van der Waals surface area contributed by atoms with Crippen molar-refractivity contribution in [3.8, 4) is 11.5 Å². The molecule has 2 N–H and O–H groups in total. The maximum Gasteiger partial charge on any atom is 0.343 e. The molecule has 1 aromatic carbocycles. The van der Waals surface area contributed by atoms with Gasteiger partial charge in [0.2, 0.25) is 0 Å². The lowest BCUT2D eigenvalue weighted by Gasteiger charge is -2.30. The van der Waals surface area contributed by atoms with E-state index < -0.39 is 11.5 Å². The lowest BCUT2D eigenvalue weighted by Crippen LogP contribution is -2.20. The largest absolute Gasteiger partial charge is 0.507 e. The minimum Gasteiger partial charge on any atom is -0.507 e. The molecule has 0 spiro atoms. The van der Waals surface area contributed by atoms with Crippen LogP contribution in [0.15, 0.2) is 44.9 Å². The first-order valence-corrected chi connectivity index (χ1v) is 10.9. The fraction of sp³-hybridized carbons (Fsp3) is 0.400. The van der Waals surface area contributed by atoms with Crippen LogP contribution >= 0.6 is 11.3 Å². The van der Waals surface area contributed by atoms with Gasteiger partial charge < -0.3 is 14.6 Å². The molecule has 0 aliphatic rings. The first-order valence-electron chi connectivity index (χ1n) is 10.1. The van der Waals surface area contributed by atoms with Crippen LogP contribution in [0.5, 0.6) is 11.5 Å². The third kappa shape index (κ3) is 4.17. The highest BCUT2D eigenvalue weighted by Crippen LogP contribution is 2.44. The molecule has 3 aromatic rings. The van der Waals surface area contributed by atoms with Crippen molar-refractivity contribution in [2.45, 2.75) is 65.2 Å². The average molecular weight is 427 g/mol. The molecule has 4 nitrogen and oxygen atoms in total. The molecular formula is C25H30O4S. The van der Waals surface area contributed by atoms with Crippen LogP contribution in [-0.4, -0.2) is 10.2 Å². The SMILES string of the molecule is Cc1cc(O)c([C@@H](c2cc(C(C)(C)C)c(O)c(C(C)(C)C)c2)c2cccs2)c(=O)o1. The molecule has 3 rings (SSSR count). The maximum absolute atomic E-state index is 12.8. The monoisotopic (exact) mass is 426 g/mol. The Bertz CT molecular complexity index is 1070. The molecule has 30 heavy (non-hydrogen) atoms. The van der Waals surface area contributed by atoms with Gasteiger partial charge in [-0.3, -0.25) is 0 Å². The fourth-order valence-corrected chi connectivity index (χ4v) is 4.63. The van der Waals surface area contributed by atoms with Gasteiger partial charge in [0.05, 0.1) is 11.5 Å². The summed E-state index contributed by atoms with van der Waals surface area (Å²) in [5, 5.41) is 23.7. The van der Waals surface area contributed by atoms with Crippen LogP contribution in [0.2, 0.25) is 0 Å². The molecule has 2 heterocycles. The quantitative estimate of drug-likeness (QED) is 0.523. The number of aromatic hydroxyl groups is 2. The highest BCUT2D eigenvalue weighted by atomic mass is 32.1. The van der Waals surface area contributed by atoms with Crippen molar-refractivity contribution in [3.63, 3.8) is 0 Å². The number of aryl methyl sites for hydroxylation is 1. The summed E-state index contributed by atoms with van der Waals surface area (Å²) in [6.07, 6.45) is 0. The van der Waals surface area contributed by atoms with Crippen molar-refractivity contribution >= 4 is 11.3 Å². The van der Waals surface area contributed by atoms with Gasteiger partial charge in [-0.2, -0.15) is 0 Å². The topological polar surface area (TPSA) is 70.7 Å². The van der Waals surface area contributed by atoms with Crippen molar-refractivity contribution in [3.05, 3.63) is 79.0 Å². The standard InChI is InChI=1S/C25H30O4S/c1-14-11-18(26)21(23(28)29-14)20(19-9-8-10-30-19)15-12-16(24(2,3)4)22(27)17(13-15)25(5,6)7/h8-13,20,26-27H,1-7H3/t20-/m0/s1. The van der Waals surface area contributed by atoms with E-state index in [0.29, 0.717) is 5.76 Å². The van der Waals surface area contributed by atoms with E-state index in [-0.39, 0.29) is 27.9 Å². The predicted octanol–water partition coefficient (Wildman–Crippen LogP) is 6.20. The Labute approximate surface area is 181 Å². The molecule has 0 saturated heterocycles. The molecule has 0 aliphatic carbocycles. The van der Waals surface area contributed by atoms with Crippen LogP contribution < -0.4 is 5.63 Å². The van der Waals surface area contributed by atoms with Gasteiger partial charge in [-0.25, -0.2) is 4.79 Å². The lowest BCUT2D eigenvalue weighted by atomic mass is 9.76. The van der Waals surface area contributed by atoms with E-state index in [1.54, 1.807) is 6.92 Å². The minimum absolute atomic E-state index is 0.0788. The number of rotatable bonds is 3. The summed E-state index contributed by atoms with van der Waals surface area (Å²) in [6.45, 7) is 14.0. The highest BCUT2D eigenvalue weighted by Gasteiger charge is 2.31. The van der Waals surface area contributed by atoms with Crippen molar-refractivity contribution < 1.29 is 14.6 Å². The molecule has 0 radical (unpaired) electrons. The van der Waals surface area contributed by atoms with Crippen molar-refractivity contribution in [1.29, 1.82) is 0 Å². The van der Waals surface area contributed by atoms with E-state index >= 15 is 0 Å². The normalized spacial score (nSPS) is 13.4. The van der Waals surface area contributed by atoms with Crippen LogP contribution in [-0.2, 0) is 10.8 Å². The molecule has 0 unspecified atom stereocenters. The lowest BCUT2D eigenvalue weighted by molar-refractivity contribution is 0.419. The van der Waals surface area contributed by atoms with E-state index in [0.717, 1.165) is 21.6 Å². The summed E-state index contributed by atoms with van der Waals surface area (Å²) in [6, 6.07) is 9.26. The van der Waals surface area contributed by atoms with E-state index in [2.05, 4.69) is 41.5 Å². The molecule has 0 aliphatic heterocycles. The highest BCUT2D eigenvalue weighted by molar-refractivity contribution is 7.10. The summed E-state index contributed by atoms with van der Waals surface area (Å²) in [4.78, 5) is 13.8. The molecule has 0 saturated carbocycles. The summed E-state index contributed by atoms with van der Waals surface area (Å²) < 4.78 is 5.35. The number of hydrogen-bond acceptors (Lipinski definition) is 5. The third-order valence-corrected chi connectivity index (χ3v) is 6.22. The Kier molecular flexibility index (Phi) is 5.63. The van der Waals surface area contributed by atoms with Gasteiger partial charge >= 0.3 is 5.63 Å². The smallest absolute Gasteiger partial charge is 0.343 e. The summed E-state index contributed by atoms with van der Waals surface area (Å²) in [5.41, 5.74) is 1.52. The Morgan fingerprint density at radius 2 is 1.53 bits per heavy atom. The van der Waals surface area contributed by atoms with E-state index in [1.165, 1.54) is 17.4 Å². The molecule has 0 fully saturated rings. The van der Waals surface area contributed by atoms with Gasteiger partial charge in [0.25, 0.3) is 0 Å². The summed E-state index contributed by atoms with van der Waals surface area (Å²) in [7, 11) is 0. The zero-order valence-electron chi connectivity index (χ0n) is 18.7. The second-order valence-corrected chi connectivity index (χ2v) is 10.8. The van der Waals surface area contributed by atoms with Crippen LogP contribution in [0.25, 0.3) is 0 Å². The zero-order chi connectivity index (χ0) is 22.4. The fourth-order valence-electron chi connectivity index (χ4n) is 3.77. The van der Waals surface area contributed by atoms with Gasteiger partial charge in [-0.1, -0.05) is 59.7 Å². The molecule has 0 bridgehead atoms. The van der Waals surface area contributed by atoms with Gasteiger partial charge in [0, 0.05) is 10.9 Å². The predicted molar refractivity (Wildman–Crippen MR) is 122 cm³/mol. The Morgan fingerprint density at radius 1 is 0.967 bits per heavy atom. The van der Waals surface area contributed by atoms with E-state index in [4.69, 9.17) is 4.42 Å². The van der Waals surface area contributed by atoms with Gasteiger partial charge in [0.1, 0.15) is 17.3 Å². The van der Waals surface area contributed by atoms with Crippen LogP contribution in [0.4, 0.5) is 0 Å². The van der Waals surface area contributed by atoms with Gasteiger partial charge in [-0.15, -0.1) is 11.3 Å². The van der Waals surface area contributed by atoms with Crippen LogP contribution in [0.3, 0.4) is 0 Å². The Balaban J connectivity index is 2.40. The van der Waals surface area contributed by atoms with Gasteiger partial charge in [0.15, 0.2) is 0 Å². The minimum atomic E-state index is -0.548. The van der Waals surface area contributed by atoms with Crippen LogP contribution in [0, 0.1) is 6.92 Å².